The second-order valence-electron chi connectivity index (χ2n) is 7.26. The molecule has 1 aliphatic carbocycles. The van der Waals surface area contributed by atoms with E-state index in [9.17, 15) is 4.79 Å². The van der Waals surface area contributed by atoms with Crippen molar-refractivity contribution in [3.63, 3.8) is 0 Å². The number of rotatable bonds is 8. The lowest BCUT2D eigenvalue weighted by molar-refractivity contribution is -0.119. The molecule has 0 unspecified atom stereocenters. The molecule has 0 saturated heterocycles. The van der Waals surface area contributed by atoms with Crippen LogP contribution in [0.15, 0.2) is 59.8 Å². The maximum Gasteiger partial charge on any atom is 0.230 e. The molecule has 1 fully saturated rings. The summed E-state index contributed by atoms with van der Waals surface area (Å²) in [6.07, 6.45) is 3.46. The summed E-state index contributed by atoms with van der Waals surface area (Å²) in [5.41, 5.74) is 2.33. The van der Waals surface area contributed by atoms with Gasteiger partial charge in [0.1, 0.15) is 5.75 Å². The summed E-state index contributed by atoms with van der Waals surface area (Å²) in [4.78, 5) is 16.8. The number of benzene rings is 2. The van der Waals surface area contributed by atoms with Crippen LogP contribution in [0.2, 0.25) is 0 Å². The van der Waals surface area contributed by atoms with E-state index in [2.05, 4.69) is 44.8 Å². The van der Waals surface area contributed by atoms with Gasteiger partial charge in [0, 0.05) is 17.5 Å². The molecule has 0 atom stereocenters. The third kappa shape index (κ3) is 4.45. The molecule has 0 aliphatic heterocycles. The highest BCUT2D eigenvalue weighted by molar-refractivity contribution is 7.99. The Bertz CT molecular complexity index is 952. The molecule has 1 amide bonds. The predicted molar refractivity (Wildman–Crippen MR) is 114 cm³/mol. The Morgan fingerprint density at radius 3 is 2.59 bits per heavy atom. The average Bonchev–Trinajstić information content (AvgIpc) is 3.21. The van der Waals surface area contributed by atoms with Crippen LogP contribution in [0.5, 0.6) is 5.75 Å². The SMILES string of the molecule is COc1ccc(-c2nc(SCC(=O)NCC3(c4ccccc4)CCC3)n[nH]2)cc1. The van der Waals surface area contributed by atoms with Gasteiger partial charge in [-0.25, -0.2) is 4.98 Å². The van der Waals surface area contributed by atoms with Gasteiger partial charge in [0.15, 0.2) is 5.82 Å². The van der Waals surface area contributed by atoms with E-state index < -0.39 is 0 Å². The van der Waals surface area contributed by atoms with Crippen molar-refractivity contribution in [3.05, 3.63) is 60.2 Å². The highest BCUT2D eigenvalue weighted by Crippen LogP contribution is 2.43. The Labute approximate surface area is 174 Å². The van der Waals surface area contributed by atoms with Crippen LogP contribution in [-0.4, -0.2) is 40.5 Å². The van der Waals surface area contributed by atoms with Gasteiger partial charge in [-0.1, -0.05) is 48.5 Å². The van der Waals surface area contributed by atoms with Crippen molar-refractivity contribution in [1.29, 1.82) is 0 Å². The molecular formula is C22H24N4O2S. The fourth-order valence-corrected chi connectivity index (χ4v) is 4.23. The number of methoxy groups -OCH3 is 1. The van der Waals surface area contributed by atoms with Crippen LogP contribution in [0.25, 0.3) is 11.4 Å². The molecule has 7 heteroatoms. The molecule has 29 heavy (non-hydrogen) atoms. The van der Waals surface area contributed by atoms with Crippen LogP contribution >= 0.6 is 11.8 Å². The Morgan fingerprint density at radius 2 is 1.93 bits per heavy atom. The topological polar surface area (TPSA) is 79.9 Å². The van der Waals surface area contributed by atoms with Crippen LogP contribution in [0.1, 0.15) is 24.8 Å². The van der Waals surface area contributed by atoms with E-state index in [1.165, 1.54) is 23.7 Å². The van der Waals surface area contributed by atoms with Gasteiger partial charge in [-0.2, -0.15) is 0 Å². The summed E-state index contributed by atoms with van der Waals surface area (Å²) in [7, 11) is 1.63. The lowest BCUT2D eigenvalue weighted by Gasteiger charge is -2.42. The van der Waals surface area contributed by atoms with Crippen LogP contribution in [0.3, 0.4) is 0 Å². The predicted octanol–water partition coefficient (Wildman–Crippen LogP) is 3.81. The minimum atomic E-state index is 0.00741. The van der Waals surface area contributed by atoms with E-state index in [0.29, 0.717) is 23.3 Å². The zero-order valence-corrected chi connectivity index (χ0v) is 17.2. The number of amides is 1. The van der Waals surface area contributed by atoms with E-state index in [-0.39, 0.29) is 11.3 Å². The molecule has 2 N–H and O–H groups in total. The highest BCUT2D eigenvalue weighted by atomic mass is 32.2. The monoisotopic (exact) mass is 408 g/mol. The molecule has 1 saturated carbocycles. The van der Waals surface area contributed by atoms with Crippen molar-refractivity contribution >= 4 is 17.7 Å². The summed E-state index contributed by atoms with van der Waals surface area (Å²) >= 11 is 1.33. The maximum atomic E-state index is 12.4. The van der Waals surface area contributed by atoms with Crippen LogP contribution in [-0.2, 0) is 10.2 Å². The number of aromatic nitrogens is 3. The molecule has 1 heterocycles. The highest BCUT2D eigenvalue weighted by Gasteiger charge is 2.38. The number of nitrogens with zero attached hydrogens (tertiary/aromatic N) is 2. The summed E-state index contributed by atoms with van der Waals surface area (Å²) in [6, 6.07) is 18.1. The average molecular weight is 409 g/mol. The largest absolute Gasteiger partial charge is 0.497 e. The van der Waals surface area contributed by atoms with Crippen molar-refractivity contribution < 1.29 is 9.53 Å². The number of aromatic amines is 1. The molecule has 1 aliphatic rings. The third-order valence-electron chi connectivity index (χ3n) is 5.48. The van der Waals surface area contributed by atoms with Gasteiger partial charge < -0.3 is 10.1 Å². The quantitative estimate of drug-likeness (QED) is 0.554. The standard InChI is InChI=1S/C22H24N4O2S/c1-28-18-10-8-16(9-11-18)20-24-21(26-25-20)29-14-19(27)23-15-22(12-5-13-22)17-6-3-2-4-7-17/h2-4,6-11H,5,12-15H2,1H3,(H,23,27)(H,24,25,26). The Kier molecular flexibility index (Phi) is 5.85. The Hall–Kier alpha value is -2.80. The van der Waals surface area contributed by atoms with Gasteiger partial charge in [-0.3, -0.25) is 9.89 Å². The van der Waals surface area contributed by atoms with E-state index >= 15 is 0 Å². The Morgan fingerprint density at radius 1 is 1.17 bits per heavy atom. The van der Waals surface area contributed by atoms with E-state index in [4.69, 9.17) is 4.74 Å². The number of hydrogen-bond donors (Lipinski definition) is 2. The van der Waals surface area contributed by atoms with Gasteiger partial charge in [0.2, 0.25) is 11.1 Å². The third-order valence-corrected chi connectivity index (χ3v) is 6.33. The van der Waals surface area contributed by atoms with E-state index in [0.717, 1.165) is 24.2 Å². The van der Waals surface area contributed by atoms with Gasteiger partial charge >= 0.3 is 0 Å². The first kappa shape index (κ1) is 19.5. The van der Waals surface area contributed by atoms with E-state index in [1.807, 2.05) is 30.3 Å². The molecular weight excluding hydrogens is 384 g/mol. The molecule has 0 bridgehead atoms. The molecule has 4 rings (SSSR count). The second kappa shape index (κ2) is 8.69. The molecule has 3 aromatic rings. The molecule has 0 spiro atoms. The summed E-state index contributed by atoms with van der Waals surface area (Å²) in [5, 5.41) is 10.8. The summed E-state index contributed by atoms with van der Waals surface area (Å²) < 4.78 is 5.17. The van der Waals surface area contributed by atoms with Crippen LogP contribution in [0, 0.1) is 0 Å². The van der Waals surface area contributed by atoms with Gasteiger partial charge in [-0.05, 0) is 42.7 Å². The zero-order chi connectivity index (χ0) is 20.1. The molecule has 2 aromatic carbocycles. The minimum absolute atomic E-state index is 0.00741. The Balaban J connectivity index is 1.29. The lowest BCUT2D eigenvalue weighted by Crippen LogP contribution is -2.46. The first-order valence-electron chi connectivity index (χ1n) is 9.70. The zero-order valence-electron chi connectivity index (χ0n) is 16.4. The van der Waals surface area contributed by atoms with Crippen molar-refractivity contribution in [2.45, 2.75) is 29.8 Å². The van der Waals surface area contributed by atoms with Crippen molar-refractivity contribution in [3.8, 4) is 17.1 Å². The smallest absolute Gasteiger partial charge is 0.230 e. The van der Waals surface area contributed by atoms with Gasteiger partial charge in [0.05, 0.1) is 12.9 Å². The number of H-pyrrole nitrogens is 1. The minimum Gasteiger partial charge on any atom is -0.497 e. The number of thioether (sulfide) groups is 1. The fraction of sp³-hybridized carbons (Fsp3) is 0.318. The first-order valence-corrected chi connectivity index (χ1v) is 10.7. The summed E-state index contributed by atoms with van der Waals surface area (Å²) in [5.74, 6) is 1.77. The maximum absolute atomic E-state index is 12.4. The molecule has 150 valence electrons. The summed E-state index contributed by atoms with van der Waals surface area (Å²) in [6.45, 7) is 0.682. The van der Waals surface area contributed by atoms with Crippen molar-refractivity contribution in [1.82, 2.24) is 20.5 Å². The van der Waals surface area contributed by atoms with Gasteiger partial charge in [0.25, 0.3) is 0 Å². The number of ether oxygens (including phenoxy) is 1. The number of nitrogens with one attached hydrogen (secondary N) is 2. The van der Waals surface area contributed by atoms with Crippen molar-refractivity contribution in [2.75, 3.05) is 19.4 Å². The number of hydrogen-bond acceptors (Lipinski definition) is 5. The van der Waals surface area contributed by atoms with Crippen LogP contribution < -0.4 is 10.1 Å². The number of carbonyl (C=O) groups is 1. The fourth-order valence-electron chi connectivity index (χ4n) is 3.60. The van der Waals surface area contributed by atoms with Crippen LogP contribution in [0.4, 0.5) is 0 Å². The normalized spacial score (nSPS) is 14.8. The molecule has 6 nitrogen and oxygen atoms in total. The van der Waals surface area contributed by atoms with Crippen molar-refractivity contribution in [2.24, 2.45) is 0 Å². The van der Waals surface area contributed by atoms with Gasteiger partial charge in [-0.15, -0.1) is 5.10 Å². The number of carbonyl (C=O) groups excluding carboxylic acids is 1. The molecule has 1 aromatic heterocycles. The van der Waals surface area contributed by atoms with E-state index in [1.54, 1.807) is 7.11 Å². The lowest BCUT2D eigenvalue weighted by atomic mass is 9.64. The molecule has 0 radical (unpaired) electrons. The second-order valence-corrected chi connectivity index (χ2v) is 8.20. The first-order chi connectivity index (χ1) is 14.2.